The number of anilines is 2. The van der Waals surface area contributed by atoms with Crippen molar-refractivity contribution >= 4 is 35.0 Å². The fourth-order valence-electron chi connectivity index (χ4n) is 2.82. The summed E-state index contributed by atoms with van der Waals surface area (Å²) in [7, 11) is 0. The average molecular weight is 394 g/mol. The highest BCUT2D eigenvalue weighted by molar-refractivity contribution is 5.89. The van der Waals surface area contributed by atoms with Crippen molar-refractivity contribution in [3.63, 3.8) is 0 Å². The molecule has 0 saturated heterocycles. The van der Waals surface area contributed by atoms with Gasteiger partial charge in [0.1, 0.15) is 5.82 Å². The lowest BCUT2D eigenvalue weighted by Gasteiger charge is -2.16. The molecule has 0 bridgehead atoms. The maximum absolute atomic E-state index is 11.4. The third kappa shape index (κ3) is 6.29. The number of rotatable bonds is 8. The number of aryl methyl sites for hydroxylation is 1. The number of aromatic nitrogens is 1. The van der Waals surface area contributed by atoms with Crippen LogP contribution in [0.4, 0.5) is 11.5 Å². The van der Waals surface area contributed by atoms with Crippen LogP contribution in [0.1, 0.15) is 30.5 Å². The van der Waals surface area contributed by atoms with Gasteiger partial charge >= 0.3 is 0 Å². The minimum atomic E-state index is -0.196. The van der Waals surface area contributed by atoms with Crippen molar-refractivity contribution in [3.05, 3.63) is 65.5 Å². The molecule has 0 aliphatic carbocycles. The number of aliphatic hydroxyl groups is 1. The largest absolute Gasteiger partial charge is 0.399 e. The number of hydrogen-bond donors (Lipinski definition) is 3. The number of aliphatic hydroxyl groups excluding tert-OH is 1. The van der Waals surface area contributed by atoms with E-state index in [9.17, 15) is 14.7 Å². The molecule has 29 heavy (non-hydrogen) atoms. The molecule has 0 saturated carbocycles. The highest BCUT2D eigenvalue weighted by Crippen LogP contribution is 2.27. The number of carbonyl (C=O) groups is 2. The first kappa shape index (κ1) is 21.8. The van der Waals surface area contributed by atoms with E-state index in [0.717, 1.165) is 27.8 Å². The summed E-state index contributed by atoms with van der Waals surface area (Å²) in [5.74, 6) is 0.265. The van der Waals surface area contributed by atoms with Crippen molar-refractivity contribution in [2.24, 2.45) is 0 Å². The number of hydrogen-bond acceptors (Lipinski definition) is 5. The van der Waals surface area contributed by atoms with Gasteiger partial charge in [0, 0.05) is 31.6 Å². The molecule has 7 heteroatoms. The second-order valence-electron chi connectivity index (χ2n) is 6.66. The van der Waals surface area contributed by atoms with Crippen LogP contribution in [-0.4, -0.2) is 40.5 Å². The van der Waals surface area contributed by atoms with Crippen molar-refractivity contribution in [1.29, 1.82) is 0 Å². The summed E-state index contributed by atoms with van der Waals surface area (Å²) in [5.41, 5.74) is 11.0. The van der Waals surface area contributed by atoms with Gasteiger partial charge in [-0.15, -0.1) is 0 Å². The molecule has 0 aliphatic heterocycles. The number of nitrogens with one attached hydrogen (secondary N) is 1. The Morgan fingerprint density at radius 3 is 2.69 bits per heavy atom. The number of nitrogens with zero attached hydrogens (tertiary/aromatic N) is 2. The normalized spacial score (nSPS) is 11.9. The number of allylic oxidation sites excluding steroid dienone is 3. The number of nitrogen functional groups attached to an aromatic ring is 1. The predicted molar refractivity (Wildman–Crippen MR) is 116 cm³/mol. The first-order valence-electron chi connectivity index (χ1n) is 9.16. The van der Waals surface area contributed by atoms with Gasteiger partial charge in [0.05, 0.1) is 6.61 Å². The first-order valence-corrected chi connectivity index (χ1v) is 9.16. The molecular weight excluding hydrogens is 368 g/mol. The molecule has 2 aromatic rings. The molecule has 1 aromatic carbocycles. The molecule has 4 N–H and O–H groups in total. The number of nitrogens with two attached hydrogens (primary N) is 1. The van der Waals surface area contributed by atoms with Crippen molar-refractivity contribution in [2.75, 3.05) is 24.2 Å². The quantitative estimate of drug-likeness (QED) is 0.362. The third-order valence-electron chi connectivity index (χ3n) is 4.26. The number of benzene rings is 1. The lowest BCUT2D eigenvalue weighted by Crippen LogP contribution is -2.19. The third-order valence-corrected chi connectivity index (χ3v) is 4.26. The topological polar surface area (TPSA) is 109 Å². The van der Waals surface area contributed by atoms with E-state index in [2.05, 4.69) is 10.3 Å². The van der Waals surface area contributed by atoms with Crippen LogP contribution in [0.25, 0.3) is 11.1 Å². The van der Waals surface area contributed by atoms with Crippen molar-refractivity contribution < 1.29 is 14.7 Å². The van der Waals surface area contributed by atoms with Crippen LogP contribution in [0.3, 0.4) is 0 Å². The lowest BCUT2D eigenvalue weighted by atomic mass is 9.97. The van der Waals surface area contributed by atoms with E-state index in [1.165, 1.54) is 11.8 Å². The summed E-state index contributed by atoms with van der Waals surface area (Å²) in [6.45, 7) is 5.36. The van der Waals surface area contributed by atoms with Crippen LogP contribution >= 0.6 is 0 Å². The monoisotopic (exact) mass is 394 g/mol. The summed E-state index contributed by atoms with van der Waals surface area (Å²) in [6.07, 6.45) is 5.91. The van der Waals surface area contributed by atoms with Gasteiger partial charge in [-0.3, -0.25) is 9.59 Å². The molecule has 7 nitrogen and oxygen atoms in total. The summed E-state index contributed by atoms with van der Waals surface area (Å²) in [6, 6.07) is 9.21. The molecule has 0 radical (unpaired) electrons. The summed E-state index contributed by atoms with van der Waals surface area (Å²) in [4.78, 5) is 28.2. The Bertz CT molecular complexity index is 951. The van der Waals surface area contributed by atoms with Gasteiger partial charge in [-0.05, 0) is 72.0 Å². The molecule has 0 unspecified atom stereocenters. The van der Waals surface area contributed by atoms with Gasteiger partial charge in [-0.1, -0.05) is 6.07 Å². The highest BCUT2D eigenvalue weighted by Gasteiger charge is 2.09. The fraction of sp³-hybridized carbons (Fsp3) is 0.227. The van der Waals surface area contributed by atoms with Crippen molar-refractivity contribution in [2.45, 2.75) is 20.8 Å². The van der Waals surface area contributed by atoms with E-state index in [-0.39, 0.29) is 19.1 Å². The molecular formula is C22H26N4O3. The van der Waals surface area contributed by atoms with E-state index >= 15 is 0 Å². The Labute approximate surface area is 170 Å². The number of amides is 2. The van der Waals surface area contributed by atoms with Gasteiger partial charge in [0.15, 0.2) is 0 Å². The van der Waals surface area contributed by atoms with Crippen molar-refractivity contribution in [3.8, 4) is 0 Å². The van der Waals surface area contributed by atoms with E-state index in [0.29, 0.717) is 17.9 Å². The van der Waals surface area contributed by atoms with Gasteiger partial charge in [0.2, 0.25) is 12.3 Å². The molecule has 1 heterocycles. The zero-order valence-corrected chi connectivity index (χ0v) is 16.8. The Morgan fingerprint density at radius 1 is 1.28 bits per heavy atom. The Hall–Kier alpha value is -3.45. The van der Waals surface area contributed by atoms with Gasteiger partial charge < -0.3 is 21.1 Å². The Kier molecular flexibility index (Phi) is 7.68. The van der Waals surface area contributed by atoms with Gasteiger partial charge in [-0.25, -0.2) is 4.98 Å². The van der Waals surface area contributed by atoms with Gasteiger partial charge in [0.25, 0.3) is 0 Å². The minimum absolute atomic E-state index is 0.147. The number of carbonyl (C=O) groups excluding carboxylic acids is 2. The van der Waals surface area contributed by atoms with Crippen LogP contribution in [0.5, 0.6) is 0 Å². The second kappa shape index (κ2) is 10.2. The lowest BCUT2D eigenvalue weighted by molar-refractivity contribution is -0.116. The van der Waals surface area contributed by atoms with Crippen LogP contribution < -0.4 is 11.1 Å². The zero-order valence-electron chi connectivity index (χ0n) is 16.8. The number of pyridine rings is 1. The highest BCUT2D eigenvalue weighted by atomic mass is 16.3. The smallest absolute Gasteiger partial charge is 0.222 e. The van der Waals surface area contributed by atoms with Crippen LogP contribution in [0.15, 0.2) is 48.8 Å². The summed E-state index contributed by atoms with van der Waals surface area (Å²) in [5, 5.41) is 11.9. The summed E-state index contributed by atoms with van der Waals surface area (Å²) < 4.78 is 0. The standard InChI is InChI=1S/C22H26N4O3/c1-15-4-5-20(23)12-21(15)19(13-26(14-28)8-9-27)10-16(2)18-6-7-24-22(11-18)25-17(3)29/h4-7,10-14,27H,8-9,23H2,1-3H3,(H,24,25,29)/b16-10+,19-13+. The van der Waals surface area contributed by atoms with Crippen LogP contribution in [-0.2, 0) is 9.59 Å². The second-order valence-corrected chi connectivity index (χ2v) is 6.66. The van der Waals surface area contributed by atoms with Crippen molar-refractivity contribution in [1.82, 2.24) is 9.88 Å². The van der Waals surface area contributed by atoms with Crippen LogP contribution in [0.2, 0.25) is 0 Å². The Balaban J connectivity index is 2.53. The van der Waals surface area contributed by atoms with Gasteiger partial charge in [-0.2, -0.15) is 0 Å². The minimum Gasteiger partial charge on any atom is -0.399 e. The van der Waals surface area contributed by atoms with E-state index < -0.39 is 0 Å². The SMILES string of the molecule is CC(=O)Nc1cc(/C(C)=C/C(=C\N(C=O)CCO)c2cc(N)ccc2C)ccn1. The van der Waals surface area contributed by atoms with E-state index in [1.807, 2.05) is 44.2 Å². The summed E-state index contributed by atoms with van der Waals surface area (Å²) >= 11 is 0. The van der Waals surface area contributed by atoms with E-state index in [1.54, 1.807) is 18.5 Å². The fourth-order valence-corrected chi connectivity index (χ4v) is 2.82. The molecule has 2 rings (SSSR count). The molecule has 0 fully saturated rings. The average Bonchev–Trinajstić information content (AvgIpc) is 2.68. The molecule has 152 valence electrons. The molecule has 0 atom stereocenters. The molecule has 0 spiro atoms. The van der Waals surface area contributed by atoms with E-state index in [4.69, 9.17) is 5.73 Å². The zero-order chi connectivity index (χ0) is 21.4. The Morgan fingerprint density at radius 2 is 2.03 bits per heavy atom. The van der Waals surface area contributed by atoms with Crippen LogP contribution in [0, 0.1) is 6.92 Å². The molecule has 0 aliphatic rings. The molecule has 1 aromatic heterocycles. The first-order chi connectivity index (χ1) is 13.8. The maximum atomic E-state index is 11.4. The maximum Gasteiger partial charge on any atom is 0.222 e. The molecule has 2 amide bonds. The predicted octanol–water partition coefficient (Wildman–Crippen LogP) is 2.83.